The van der Waals surface area contributed by atoms with Crippen molar-refractivity contribution in [3.63, 3.8) is 0 Å². The van der Waals surface area contributed by atoms with Gasteiger partial charge in [0.1, 0.15) is 11.4 Å². The summed E-state index contributed by atoms with van der Waals surface area (Å²) in [6.45, 7) is 4.04. The van der Waals surface area contributed by atoms with Crippen molar-refractivity contribution in [2.24, 2.45) is 5.92 Å². The van der Waals surface area contributed by atoms with E-state index in [2.05, 4.69) is 25.5 Å². The second-order valence-corrected chi connectivity index (χ2v) is 7.95. The molecule has 7 heteroatoms. The Morgan fingerprint density at radius 2 is 2.00 bits per heavy atom. The average Bonchev–Trinajstić information content (AvgIpc) is 3.39. The third-order valence-electron chi connectivity index (χ3n) is 5.01. The maximum absolute atomic E-state index is 12.3. The van der Waals surface area contributed by atoms with Crippen molar-refractivity contribution in [2.45, 2.75) is 20.3 Å². The van der Waals surface area contributed by atoms with Crippen molar-refractivity contribution < 1.29 is 9.21 Å². The van der Waals surface area contributed by atoms with Gasteiger partial charge in [-0.3, -0.25) is 9.89 Å². The van der Waals surface area contributed by atoms with Crippen molar-refractivity contribution in [1.29, 1.82) is 0 Å². The maximum Gasteiger partial charge on any atom is 0.198 e. The molecule has 7 nitrogen and oxygen atoms in total. The number of H-pyrrole nitrogens is 1. The fraction of sp³-hybridized carbons (Fsp3) is 0.167. The van der Waals surface area contributed by atoms with Crippen LogP contribution in [0.5, 0.6) is 0 Å². The van der Waals surface area contributed by atoms with Gasteiger partial charge in [-0.05, 0) is 42.3 Å². The highest BCUT2D eigenvalue weighted by Crippen LogP contribution is 2.27. The minimum Gasteiger partial charge on any atom is -0.453 e. The lowest BCUT2D eigenvalue weighted by Crippen LogP contribution is -2.01. The van der Waals surface area contributed by atoms with Crippen molar-refractivity contribution in [2.75, 3.05) is 5.32 Å². The summed E-state index contributed by atoms with van der Waals surface area (Å²) < 4.78 is 5.82. The van der Waals surface area contributed by atoms with Gasteiger partial charge in [0.05, 0.1) is 11.7 Å². The van der Waals surface area contributed by atoms with Gasteiger partial charge in [-0.25, -0.2) is 9.97 Å². The number of benzene rings is 2. The van der Waals surface area contributed by atoms with Crippen LogP contribution in [0.1, 0.15) is 30.8 Å². The van der Waals surface area contributed by atoms with Crippen molar-refractivity contribution >= 4 is 39.2 Å². The summed E-state index contributed by atoms with van der Waals surface area (Å²) >= 11 is 0. The van der Waals surface area contributed by atoms with Crippen molar-refractivity contribution in [1.82, 2.24) is 20.2 Å². The zero-order valence-electron chi connectivity index (χ0n) is 17.2. The van der Waals surface area contributed by atoms with E-state index in [4.69, 9.17) is 4.42 Å². The molecule has 0 bridgehead atoms. The Morgan fingerprint density at radius 1 is 1.10 bits per heavy atom. The van der Waals surface area contributed by atoms with Crippen LogP contribution in [0.4, 0.5) is 11.5 Å². The summed E-state index contributed by atoms with van der Waals surface area (Å²) in [5.74, 6) is 1.95. The second kappa shape index (κ2) is 7.68. The van der Waals surface area contributed by atoms with Crippen LogP contribution in [-0.4, -0.2) is 25.9 Å². The molecule has 0 radical (unpaired) electrons. The molecule has 0 aliphatic carbocycles. The Kier molecular flexibility index (Phi) is 4.71. The molecule has 3 aromatic heterocycles. The second-order valence-electron chi connectivity index (χ2n) is 7.95. The van der Waals surface area contributed by atoms with Gasteiger partial charge in [0, 0.05) is 34.6 Å². The highest BCUT2D eigenvalue weighted by molar-refractivity contribution is 5.98. The first-order valence-corrected chi connectivity index (χ1v) is 10.2. The molecule has 154 valence electrons. The normalized spacial score (nSPS) is 11.5. The number of fused-ring (bicyclic) bond motifs is 2. The summed E-state index contributed by atoms with van der Waals surface area (Å²) in [7, 11) is 0. The van der Waals surface area contributed by atoms with Gasteiger partial charge in [-0.15, -0.1) is 0 Å². The fourth-order valence-corrected chi connectivity index (χ4v) is 3.51. The smallest absolute Gasteiger partial charge is 0.198 e. The molecule has 0 aliphatic rings. The van der Waals surface area contributed by atoms with E-state index in [0.29, 0.717) is 29.4 Å². The van der Waals surface area contributed by atoms with E-state index in [9.17, 15) is 4.79 Å². The summed E-state index contributed by atoms with van der Waals surface area (Å²) in [4.78, 5) is 21.4. The third kappa shape index (κ3) is 3.90. The molecule has 5 aromatic rings. The molecule has 0 atom stereocenters. The molecular formula is C24H21N5O2. The first-order valence-electron chi connectivity index (χ1n) is 10.2. The predicted molar refractivity (Wildman–Crippen MR) is 120 cm³/mol. The molecular weight excluding hydrogens is 390 g/mol. The average molecular weight is 411 g/mol. The Bertz CT molecular complexity index is 1400. The molecule has 0 saturated carbocycles. The first-order chi connectivity index (χ1) is 15.0. The predicted octanol–water partition coefficient (Wildman–Crippen LogP) is 5.74. The summed E-state index contributed by atoms with van der Waals surface area (Å²) in [6, 6.07) is 15.3. The fourth-order valence-electron chi connectivity index (χ4n) is 3.51. The Morgan fingerprint density at radius 3 is 2.87 bits per heavy atom. The number of aromatic nitrogens is 4. The highest BCUT2D eigenvalue weighted by atomic mass is 16.3. The van der Waals surface area contributed by atoms with Crippen LogP contribution in [-0.2, 0) is 0 Å². The number of hydrogen-bond donors (Lipinski definition) is 2. The quantitative estimate of drug-likeness (QED) is 0.346. The highest BCUT2D eigenvalue weighted by Gasteiger charge is 2.15. The molecule has 0 aliphatic heterocycles. The zero-order valence-corrected chi connectivity index (χ0v) is 17.2. The Balaban J connectivity index is 1.42. The van der Waals surface area contributed by atoms with Crippen LogP contribution >= 0.6 is 0 Å². The van der Waals surface area contributed by atoms with Gasteiger partial charge >= 0.3 is 0 Å². The standard InChI is InChI=1S/C24H21N5O2/c1-14(2)9-20(30)22-11-15-3-4-16(12-21(15)31-22)24-25-8-7-23(28-24)27-18-5-6-19-17(10-18)13-26-29-19/h3-8,10-14H,9H2,1-2H3,(H,26,29)(H,25,27,28). The molecule has 2 aromatic carbocycles. The lowest BCUT2D eigenvalue weighted by Gasteiger charge is -2.07. The minimum atomic E-state index is 0.0183. The number of anilines is 2. The molecule has 3 heterocycles. The van der Waals surface area contributed by atoms with Crippen LogP contribution in [0.3, 0.4) is 0 Å². The molecule has 0 spiro atoms. The third-order valence-corrected chi connectivity index (χ3v) is 5.01. The minimum absolute atomic E-state index is 0.0183. The van der Waals surface area contributed by atoms with Crippen LogP contribution in [0.2, 0.25) is 0 Å². The molecule has 2 N–H and O–H groups in total. The monoisotopic (exact) mass is 411 g/mol. The first kappa shape index (κ1) is 19.0. The molecule has 31 heavy (non-hydrogen) atoms. The summed E-state index contributed by atoms with van der Waals surface area (Å²) in [6.07, 6.45) is 3.96. The number of hydrogen-bond acceptors (Lipinski definition) is 6. The maximum atomic E-state index is 12.3. The largest absolute Gasteiger partial charge is 0.453 e. The van der Waals surface area contributed by atoms with Gasteiger partial charge in [-0.2, -0.15) is 5.10 Å². The zero-order chi connectivity index (χ0) is 21.4. The number of ketones is 1. The molecule has 0 saturated heterocycles. The van der Waals surface area contributed by atoms with Crippen LogP contribution in [0.25, 0.3) is 33.3 Å². The van der Waals surface area contributed by atoms with Crippen LogP contribution in [0, 0.1) is 5.92 Å². The topological polar surface area (TPSA) is 96.7 Å². The lowest BCUT2D eigenvalue weighted by atomic mass is 10.1. The SMILES string of the molecule is CC(C)CC(=O)c1cc2ccc(-c3nccc(Nc4ccc5[nH]ncc5c4)n3)cc2o1. The van der Waals surface area contributed by atoms with Gasteiger partial charge in [-0.1, -0.05) is 26.0 Å². The number of carbonyl (C=O) groups excluding carboxylic acids is 1. The van der Waals surface area contributed by atoms with E-state index in [1.54, 1.807) is 18.5 Å². The van der Waals surface area contributed by atoms with Crippen molar-refractivity contribution in [3.05, 3.63) is 66.7 Å². The van der Waals surface area contributed by atoms with E-state index < -0.39 is 0 Å². The number of Topliss-reactive ketones (excluding diaryl/α,β-unsaturated/α-hetero) is 1. The lowest BCUT2D eigenvalue weighted by molar-refractivity contribution is 0.0943. The van der Waals surface area contributed by atoms with E-state index in [-0.39, 0.29) is 11.7 Å². The van der Waals surface area contributed by atoms with E-state index >= 15 is 0 Å². The summed E-state index contributed by atoms with van der Waals surface area (Å²) in [5, 5.41) is 12.2. The molecule has 5 rings (SSSR count). The molecule has 0 unspecified atom stereocenters. The molecule has 0 amide bonds. The van der Waals surface area contributed by atoms with Gasteiger partial charge in [0.2, 0.25) is 0 Å². The number of furan rings is 1. The Hall–Kier alpha value is -4.00. The number of rotatable bonds is 6. The number of nitrogens with one attached hydrogen (secondary N) is 2. The van der Waals surface area contributed by atoms with Crippen LogP contribution < -0.4 is 5.32 Å². The summed E-state index contributed by atoms with van der Waals surface area (Å²) in [5.41, 5.74) is 3.36. The van der Waals surface area contributed by atoms with Gasteiger partial charge in [0.25, 0.3) is 0 Å². The van der Waals surface area contributed by atoms with E-state index in [1.807, 2.05) is 56.3 Å². The number of nitrogens with zero attached hydrogens (tertiary/aromatic N) is 3. The number of aromatic amines is 1. The van der Waals surface area contributed by atoms with Gasteiger partial charge < -0.3 is 9.73 Å². The van der Waals surface area contributed by atoms with E-state index in [1.165, 1.54) is 0 Å². The molecule has 0 fully saturated rings. The van der Waals surface area contributed by atoms with Crippen molar-refractivity contribution in [3.8, 4) is 11.4 Å². The van der Waals surface area contributed by atoms with Crippen LogP contribution in [0.15, 0.2) is 65.3 Å². The van der Waals surface area contributed by atoms with E-state index in [0.717, 1.165) is 27.5 Å². The Labute approximate surface area is 178 Å². The van der Waals surface area contributed by atoms with Gasteiger partial charge in [0.15, 0.2) is 17.4 Å². The number of carbonyl (C=O) groups is 1.